The zero-order valence-corrected chi connectivity index (χ0v) is 15.7. The molecule has 2 unspecified atom stereocenters. The quantitative estimate of drug-likeness (QED) is 0.798. The fraction of sp³-hybridized carbons (Fsp3) is 0.529. The first kappa shape index (κ1) is 18.5. The van der Waals surface area contributed by atoms with E-state index in [1.165, 1.54) is 11.4 Å². The Kier molecular flexibility index (Phi) is 4.38. The molecule has 26 heavy (non-hydrogen) atoms. The Labute approximate surface area is 152 Å². The van der Waals surface area contributed by atoms with E-state index in [0.717, 1.165) is 0 Å². The van der Waals surface area contributed by atoms with Crippen LogP contribution < -0.4 is 14.4 Å². The van der Waals surface area contributed by atoms with Crippen molar-refractivity contribution >= 4 is 33.3 Å². The van der Waals surface area contributed by atoms with Gasteiger partial charge in [0.25, 0.3) is 0 Å². The SMILES string of the molecule is COc1cc(NC(=O)C2C(C(=O)O)C2(C)C)ccc1N1CCCS1(=O)=O. The second kappa shape index (κ2) is 6.15. The van der Waals surface area contributed by atoms with Gasteiger partial charge in [-0.25, -0.2) is 8.42 Å². The smallest absolute Gasteiger partial charge is 0.307 e. The van der Waals surface area contributed by atoms with Crippen molar-refractivity contribution in [3.63, 3.8) is 0 Å². The molecule has 1 aromatic rings. The molecule has 2 N–H and O–H groups in total. The molecule has 1 aliphatic heterocycles. The molecule has 1 heterocycles. The highest BCUT2D eigenvalue weighted by atomic mass is 32.2. The van der Waals surface area contributed by atoms with Crippen molar-refractivity contribution in [1.82, 2.24) is 0 Å². The maximum atomic E-state index is 12.4. The fourth-order valence-electron chi connectivity index (χ4n) is 3.68. The van der Waals surface area contributed by atoms with E-state index in [4.69, 9.17) is 4.74 Å². The lowest BCUT2D eigenvalue weighted by Gasteiger charge is -2.20. The van der Waals surface area contributed by atoms with Crippen molar-refractivity contribution in [2.75, 3.05) is 29.0 Å². The van der Waals surface area contributed by atoms with Crippen LogP contribution in [0.25, 0.3) is 0 Å². The molecule has 3 rings (SSSR count). The third-order valence-corrected chi connectivity index (χ3v) is 7.05. The van der Waals surface area contributed by atoms with E-state index in [-0.39, 0.29) is 11.7 Å². The van der Waals surface area contributed by atoms with Gasteiger partial charge in [-0.2, -0.15) is 0 Å². The third-order valence-electron chi connectivity index (χ3n) is 5.19. The first-order valence-corrected chi connectivity index (χ1v) is 9.92. The molecule has 0 bridgehead atoms. The predicted molar refractivity (Wildman–Crippen MR) is 95.8 cm³/mol. The van der Waals surface area contributed by atoms with Gasteiger partial charge in [-0.1, -0.05) is 13.8 Å². The summed E-state index contributed by atoms with van der Waals surface area (Å²) in [6.45, 7) is 3.89. The number of sulfonamides is 1. The lowest BCUT2D eigenvalue weighted by molar-refractivity contribution is -0.140. The van der Waals surface area contributed by atoms with Gasteiger partial charge in [-0.3, -0.25) is 13.9 Å². The minimum atomic E-state index is -3.34. The van der Waals surface area contributed by atoms with Gasteiger partial charge in [0.2, 0.25) is 15.9 Å². The first-order chi connectivity index (χ1) is 12.1. The maximum absolute atomic E-state index is 12.4. The van der Waals surface area contributed by atoms with E-state index in [9.17, 15) is 23.1 Å². The molecule has 2 aliphatic rings. The number of anilines is 2. The third kappa shape index (κ3) is 3.00. The molecule has 2 atom stereocenters. The van der Waals surface area contributed by atoms with Gasteiger partial charge in [-0.15, -0.1) is 0 Å². The summed E-state index contributed by atoms with van der Waals surface area (Å²) in [4.78, 5) is 23.7. The van der Waals surface area contributed by atoms with Gasteiger partial charge >= 0.3 is 5.97 Å². The average molecular weight is 382 g/mol. The highest BCUT2D eigenvalue weighted by molar-refractivity contribution is 7.93. The summed E-state index contributed by atoms with van der Waals surface area (Å²) in [7, 11) is -1.92. The molecule has 142 valence electrons. The standard InChI is InChI=1S/C17H22N2O6S/c1-17(2)13(14(17)16(21)22)15(20)18-10-5-6-11(12(9-10)25-3)19-7-4-8-26(19,23)24/h5-6,9,13-14H,4,7-8H2,1-3H3,(H,18,20)(H,21,22). The van der Waals surface area contributed by atoms with E-state index in [0.29, 0.717) is 30.1 Å². The molecule has 1 saturated heterocycles. The molecule has 1 saturated carbocycles. The normalized spacial score (nSPS) is 25.6. The molecule has 8 nitrogen and oxygen atoms in total. The van der Waals surface area contributed by atoms with Crippen LogP contribution >= 0.6 is 0 Å². The molecule has 0 aromatic heterocycles. The minimum Gasteiger partial charge on any atom is -0.494 e. The van der Waals surface area contributed by atoms with E-state index in [1.54, 1.807) is 32.0 Å². The van der Waals surface area contributed by atoms with Gasteiger partial charge in [0.15, 0.2) is 0 Å². The number of carbonyl (C=O) groups excluding carboxylic acids is 1. The molecular formula is C17H22N2O6S. The average Bonchev–Trinajstić information content (AvgIpc) is 2.97. The van der Waals surface area contributed by atoms with Crippen LogP contribution in [0.1, 0.15) is 20.3 Å². The van der Waals surface area contributed by atoms with E-state index >= 15 is 0 Å². The van der Waals surface area contributed by atoms with Gasteiger partial charge in [0.05, 0.1) is 30.4 Å². The topological polar surface area (TPSA) is 113 Å². The number of aliphatic carboxylic acids is 1. The number of amides is 1. The van der Waals surface area contributed by atoms with Crippen LogP contribution in [0.2, 0.25) is 0 Å². The molecular weight excluding hydrogens is 360 g/mol. The van der Waals surface area contributed by atoms with E-state index in [2.05, 4.69) is 5.32 Å². The Bertz CT molecular complexity index is 864. The number of nitrogens with zero attached hydrogens (tertiary/aromatic N) is 1. The Balaban J connectivity index is 1.80. The zero-order valence-electron chi connectivity index (χ0n) is 14.9. The molecule has 1 aliphatic carbocycles. The van der Waals surface area contributed by atoms with Crippen LogP contribution in [0, 0.1) is 17.3 Å². The number of rotatable bonds is 5. The molecule has 2 fully saturated rings. The fourth-order valence-corrected chi connectivity index (χ4v) is 5.25. The summed E-state index contributed by atoms with van der Waals surface area (Å²) in [5, 5.41) is 11.9. The minimum absolute atomic E-state index is 0.0992. The van der Waals surface area contributed by atoms with Crippen LogP contribution in [-0.2, 0) is 19.6 Å². The Hall–Kier alpha value is -2.29. The molecule has 0 spiro atoms. The maximum Gasteiger partial charge on any atom is 0.307 e. The highest BCUT2D eigenvalue weighted by Crippen LogP contribution is 2.58. The Morgan fingerprint density at radius 1 is 1.31 bits per heavy atom. The molecule has 0 radical (unpaired) electrons. The number of carbonyl (C=O) groups is 2. The summed E-state index contributed by atoms with van der Waals surface area (Å²) in [6.07, 6.45) is 0.553. The number of hydrogen-bond donors (Lipinski definition) is 2. The summed E-state index contributed by atoms with van der Waals surface area (Å²) in [5.41, 5.74) is 0.265. The second-order valence-corrected chi connectivity index (χ2v) is 9.25. The number of carboxylic acids is 1. The number of benzene rings is 1. The molecule has 9 heteroatoms. The van der Waals surface area contributed by atoms with Gasteiger partial charge in [0.1, 0.15) is 5.75 Å². The molecule has 1 aromatic carbocycles. The van der Waals surface area contributed by atoms with Crippen molar-refractivity contribution in [2.45, 2.75) is 20.3 Å². The van der Waals surface area contributed by atoms with Crippen LogP contribution in [0.3, 0.4) is 0 Å². The Morgan fingerprint density at radius 3 is 2.50 bits per heavy atom. The van der Waals surface area contributed by atoms with Crippen molar-refractivity contribution in [1.29, 1.82) is 0 Å². The van der Waals surface area contributed by atoms with Crippen molar-refractivity contribution in [3.8, 4) is 5.75 Å². The summed E-state index contributed by atoms with van der Waals surface area (Å²) in [6, 6.07) is 4.73. The zero-order chi connectivity index (χ0) is 19.3. The van der Waals surface area contributed by atoms with Gasteiger partial charge in [-0.05, 0) is 24.0 Å². The van der Waals surface area contributed by atoms with Gasteiger partial charge in [0, 0.05) is 18.3 Å². The second-order valence-electron chi connectivity index (χ2n) is 7.23. The largest absolute Gasteiger partial charge is 0.494 e. The lowest BCUT2D eigenvalue weighted by Crippen LogP contribution is -2.25. The van der Waals surface area contributed by atoms with E-state index in [1.807, 2.05) is 0 Å². The highest BCUT2D eigenvalue weighted by Gasteiger charge is 2.65. The Morgan fingerprint density at radius 2 is 2.00 bits per heavy atom. The van der Waals surface area contributed by atoms with Crippen LogP contribution in [0.5, 0.6) is 5.75 Å². The van der Waals surface area contributed by atoms with Gasteiger partial charge < -0.3 is 15.2 Å². The number of ether oxygens (including phenoxy) is 1. The summed E-state index contributed by atoms with van der Waals surface area (Å²) < 4.78 is 30.8. The first-order valence-electron chi connectivity index (χ1n) is 8.31. The summed E-state index contributed by atoms with van der Waals surface area (Å²) in [5.74, 6) is -2.24. The van der Waals surface area contributed by atoms with Crippen LogP contribution in [-0.4, -0.2) is 44.8 Å². The van der Waals surface area contributed by atoms with E-state index < -0.39 is 33.2 Å². The summed E-state index contributed by atoms with van der Waals surface area (Å²) >= 11 is 0. The monoisotopic (exact) mass is 382 g/mol. The van der Waals surface area contributed by atoms with Crippen LogP contribution in [0.4, 0.5) is 11.4 Å². The number of methoxy groups -OCH3 is 1. The van der Waals surface area contributed by atoms with Crippen molar-refractivity contribution in [3.05, 3.63) is 18.2 Å². The van der Waals surface area contributed by atoms with Crippen LogP contribution in [0.15, 0.2) is 18.2 Å². The lowest BCUT2D eigenvalue weighted by atomic mass is 10.1. The number of nitrogens with one attached hydrogen (secondary N) is 1. The molecule has 1 amide bonds. The van der Waals surface area contributed by atoms with Crippen molar-refractivity contribution < 1.29 is 27.9 Å². The number of carboxylic acid groups (broad SMARTS) is 1. The number of hydrogen-bond acceptors (Lipinski definition) is 5. The van der Waals surface area contributed by atoms with Crippen molar-refractivity contribution in [2.24, 2.45) is 17.3 Å². The predicted octanol–water partition coefficient (Wildman–Crippen LogP) is 1.53.